The van der Waals surface area contributed by atoms with Crippen LogP contribution in [0.4, 0.5) is 5.69 Å². The van der Waals surface area contributed by atoms with Crippen LogP contribution >= 0.6 is 0 Å². The molecular formula is C24H29N3O4. The maximum absolute atomic E-state index is 13.0. The molecule has 2 aromatic carbocycles. The zero-order valence-corrected chi connectivity index (χ0v) is 18.9. The summed E-state index contributed by atoms with van der Waals surface area (Å²) in [4.78, 5) is 29.9. The minimum Gasteiger partial charge on any atom is -0.465 e. The van der Waals surface area contributed by atoms with Gasteiger partial charge < -0.3 is 14.8 Å². The third kappa shape index (κ3) is 4.71. The van der Waals surface area contributed by atoms with Gasteiger partial charge in [-0.25, -0.2) is 4.79 Å². The number of aryl methyl sites for hydroxylation is 1. The molecule has 0 bridgehead atoms. The molecule has 0 fully saturated rings. The van der Waals surface area contributed by atoms with Crippen LogP contribution in [0.2, 0.25) is 0 Å². The van der Waals surface area contributed by atoms with Gasteiger partial charge in [0.15, 0.2) is 0 Å². The molecule has 1 atom stereocenters. The highest BCUT2D eigenvalue weighted by Gasteiger charge is 2.19. The number of methoxy groups -OCH3 is 1. The summed E-state index contributed by atoms with van der Waals surface area (Å²) < 4.78 is 12.1. The van der Waals surface area contributed by atoms with Gasteiger partial charge in [-0.2, -0.15) is 4.98 Å². The van der Waals surface area contributed by atoms with E-state index in [1.807, 2.05) is 52.0 Å². The van der Waals surface area contributed by atoms with Crippen molar-refractivity contribution in [1.82, 2.24) is 9.55 Å². The molecule has 7 nitrogen and oxygen atoms in total. The number of nitrogens with one attached hydrogen (secondary N) is 1. The van der Waals surface area contributed by atoms with Gasteiger partial charge in [-0.1, -0.05) is 32.0 Å². The van der Waals surface area contributed by atoms with Crippen LogP contribution < -0.4 is 15.6 Å². The number of rotatable bonds is 7. The third-order valence-corrected chi connectivity index (χ3v) is 5.03. The van der Waals surface area contributed by atoms with Gasteiger partial charge in [-0.05, 0) is 43.5 Å². The zero-order valence-electron chi connectivity index (χ0n) is 18.9. The predicted molar refractivity (Wildman–Crippen MR) is 122 cm³/mol. The van der Waals surface area contributed by atoms with Crippen molar-refractivity contribution in [2.45, 2.75) is 33.7 Å². The molecule has 31 heavy (non-hydrogen) atoms. The topological polar surface area (TPSA) is 82.5 Å². The second kappa shape index (κ2) is 9.20. The Kier molecular flexibility index (Phi) is 6.63. The highest BCUT2D eigenvalue weighted by Crippen LogP contribution is 2.28. The lowest BCUT2D eigenvalue weighted by Crippen LogP contribution is -2.23. The van der Waals surface area contributed by atoms with Gasteiger partial charge in [0.2, 0.25) is 0 Å². The number of hydrogen-bond donors (Lipinski definition) is 1. The summed E-state index contributed by atoms with van der Waals surface area (Å²) in [7, 11) is 3.02. The zero-order chi connectivity index (χ0) is 22.7. The summed E-state index contributed by atoms with van der Waals surface area (Å²) in [6.45, 7) is 8.46. The smallest absolute Gasteiger partial charge is 0.339 e. The summed E-state index contributed by atoms with van der Waals surface area (Å²) in [6.07, 6.45) is 0. The molecule has 3 rings (SSSR count). The van der Waals surface area contributed by atoms with Gasteiger partial charge in [0, 0.05) is 18.3 Å². The largest absolute Gasteiger partial charge is 0.465 e. The van der Waals surface area contributed by atoms with Crippen molar-refractivity contribution in [3.8, 4) is 6.01 Å². The number of aromatic nitrogens is 2. The lowest BCUT2D eigenvalue weighted by molar-refractivity contribution is 0.0602. The number of nitrogens with zero attached hydrogens (tertiary/aromatic N) is 2. The summed E-state index contributed by atoms with van der Waals surface area (Å²) in [6, 6.07) is 11.1. The van der Waals surface area contributed by atoms with Crippen molar-refractivity contribution in [2.75, 3.05) is 19.0 Å². The molecule has 0 radical (unpaired) electrons. The van der Waals surface area contributed by atoms with E-state index in [-0.39, 0.29) is 11.6 Å². The number of carbonyl (C=O) groups is 1. The normalized spacial score (nSPS) is 12.1. The van der Waals surface area contributed by atoms with Gasteiger partial charge in [-0.15, -0.1) is 0 Å². The van der Waals surface area contributed by atoms with Crippen LogP contribution in [-0.4, -0.2) is 29.2 Å². The van der Waals surface area contributed by atoms with Crippen molar-refractivity contribution in [3.63, 3.8) is 0 Å². The van der Waals surface area contributed by atoms with Crippen molar-refractivity contribution in [2.24, 2.45) is 13.0 Å². The average molecular weight is 424 g/mol. The van der Waals surface area contributed by atoms with Gasteiger partial charge in [0.05, 0.1) is 36.2 Å². The second-order valence-electron chi connectivity index (χ2n) is 8.12. The average Bonchev–Trinajstić information content (AvgIpc) is 2.74. The lowest BCUT2D eigenvalue weighted by atomic mass is 10.0. The Bertz CT molecular complexity index is 1170. The van der Waals surface area contributed by atoms with E-state index in [0.717, 1.165) is 11.1 Å². The van der Waals surface area contributed by atoms with Crippen LogP contribution in [-0.2, 0) is 11.8 Å². The molecule has 1 unspecified atom stereocenters. The Hall–Kier alpha value is -3.35. The number of anilines is 1. The Labute approximate surface area is 182 Å². The minimum absolute atomic E-state index is 0.157. The first-order valence-corrected chi connectivity index (χ1v) is 10.3. The van der Waals surface area contributed by atoms with E-state index in [4.69, 9.17) is 14.5 Å². The van der Waals surface area contributed by atoms with Gasteiger partial charge in [0.25, 0.3) is 11.6 Å². The van der Waals surface area contributed by atoms with E-state index < -0.39 is 5.97 Å². The Morgan fingerprint density at radius 1 is 1.19 bits per heavy atom. The molecule has 0 aliphatic heterocycles. The molecule has 0 aliphatic carbocycles. The van der Waals surface area contributed by atoms with E-state index in [9.17, 15) is 9.59 Å². The molecule has 1 N–H and O–H groups in total. The molecular weight excluding hydrogens is 394 g/mol. The van der Waals surface area contributed by atoms with E-state index in [1.165, 1.54) is 11.7 Å². The van der Waals surface area contributed by atoms with Gasteiger partial charge in [0.1, 0.15) is 0 Å². The van der Waals surface area contributed by atoms with E-state index in [2.05, 4.69) is 5.32 Å². The van der Waals surface area contributed by atoms with Crippen LogP contribution in [0, 0.1) is 12.8 Å². The Balaban J connectivity index is 2.09. The molecule has 1 aromatic heterocycles. The van der Waals surface area contributed by atoms with E-state index >= 15 is 0 Å². The van der Waals surface area contributed by atoms with Crippen molar-refractivity contribution in [1.29, 1.82) is 0 Å². The first-order chi connectivity index (χ1) is 14.7. The van der Waals surface area contributed by atoms with Crippen LogP contribution in [0.1, 0.15) is 48.3 Å². The van der Waals surface area contributed by atoms with Crippen LogP contribution in [0.25, 0.3) is 10.9 Å². The first-order valence-electron chi connectivity index (χ1n) is 10.3. The van der Waals surface area contributed by atoms with E-state index in [0.29, 0.717) is 40.7 Å². The molecule has 3 aromatic rings. The van der Waals surface area contributed by atoms with Crippen molar-refractivity contribution >= 4 is 22.6 Å². The maximum atomic E-state index is 13.0. The number of benzene rings is 2. The fraction of sp³-hybridized carbons (Fsp3) is 0.375. The number of carbonyl (C=O) groups excluding carboxylic acids is 1. The number of para-hydroxylation sites is 1. The molecule has 1 heterocycles. The van der Waals surface area contributed by atoms with Gasteiger partial charge >= 0.3 is 5.97 Å². The third-order valence-electron chi connectivity index (χ3n) is 5.03. The summed E-state index contributed by atoms with van der Waals surface area (Å²) in [5.41, 5.74) is 3.32. The standard InChI is InChI=1S/C24H29N3O4/c1-14(2)13-31-24-26-21-18(11-15(3)12-19(21)22(28)27(24)5)16(4)25-20-10-8-7-9-17(20)23(29)30-6/h7-12,14,16,25H,13H2,1-6H3. The van der Waals surface area contributed by atoms with Crippen LogP contribution in [0.15, 0.2) is 41.2 Å². The molecule has 7 heteroatoms. The van der Waals surface area contributed by atoms with Crippen LogP contribution in [0.5, 0.6) is 6.01 Å². The molecule has 0 saturated carbocycles. The molecule has 0 spiro atoms. The molecule has 0 aliphatic rings. The maximum Gasteiger partial charge on any atom is 0.339 e. The number of hydrogen-bond acceptors (Lipinski definition) is 6. The second-order valence-corrected chi connectivity index (χ2v) is 8.12. The predicted octanol–water partition coefficient (Wildman–Crippen LogP) is 4.24. The Morgan fingerprint density at radius 3 is 2.58 bits per heavy atom. The monoisotopic (exact) mass is 423 g/mol. The molecule has 0 saturated heterocycles. The number of ether oxygens (including phenoxy) is 2. The fourth-order valence-corrected chi connectivity index (χ4v) is 3.44. The first kappa shape index (κ1) is 22.3. The SMILES string of the molecule is COC(=O)c1ccccc1NC(C)c1cc(C)cc2c(=O)n(C)c(OCC(C)C)nc12. The lowest BCUT2D eigenvalue weighted by Gasteiger charge is -2.20. The van der Waals surface area contributed by atoms with Crippen molar-refractivity contribution < 1.29 is 14.3 Å². The molecule has 164 valence electrons. The van der Waals surface area contributed by atoms with Crippen LogP contribution in [0.3, 0.4) is 0 Å². The quantitative estimate of drug-likeness (QED) is 0.573. The van der Waals surface area contributed by atoms with Crippen molar-refractivity contribution in [3.05, 3.63) is 63.4 Å². The Morgan fingerprint density at radius 2 is 1.90 bits per heavy atom. The number of esters is 1. The number of fused-ring (bicyclic) bond motifs is 1. The molecule has 0 amide bonds. The summed E-state index contributed by atoms with van der Waals surface area (Å²) in [5, 5.41) is 3.91. The highest BCUT2D eigenvalue weighted by atomic mass is 16.5. The fourth-order valence-electron chi connectivity index (χ4n) is 3.44. The highest BCUT2D eigenvalue weighted by molar-refractivity contribution is 5.95. The van der Waals surface area contributed by atoms with E-state index in [1.54, 1.807) is 19.2 Å². The summed E-state index contributed by atoms with van der Waals surface area (Å²) in [5.74, 6) is -0.110. The summed E-state index contributed by atoms with van der Waals surface area (Å²) >= 11 is 0. The van der Waals surface area contributed by atoms with Gasteiger partial charge in [-0.3, -0.25) is 9.36 Å². The minimum atomic E-state index is -0.416.